The normalized spacial score (nSPS) is 17.1. The maximum atomic E-state index is 13.5. The standard InChI is InChI=1S/C18H28BrN3O5S/c1-20-9-2-4-16(5-3-10-20)28(26,27)18-14-15(22(24)25)6-7-17(18)21(11-8-19)12-13-23/h6-7,14,16,23H,2-5,8-13H2,1H3. The lowest BCUT2D eigenvalue weighted by atomic mass is 10.1. The van der Waals surface area contributed by atoms with Crippen LogP contribution in [0.3, 0.4) is 0 Å². The zero-order valence-corrected chi connectivity index (χ0v) is 18.5. The monoisotopic (exact) mass is 477 g/mol. The molecule has 10 heteroatoms. The van der Waals surface area contributed by atoms with E-state index in [0.29, 0.717) is 30.4 Å². The van der Waals surface area contributed by atoms with Crippen LogP contribution in [0.5, 0.6) is 0 Å². The van der Waals surface area contributed by atoms with Crippen molar-refractivity contribution in [3.63, 3.8) is 0 Å². The zero-order chi connectivity index (χ0) is 20.7. The van der Waals surface area contributed by atoms with Gasteiger partial charge in [0.1, 0.15) is 0 Å². The summed E-state index contributed by atoms with van der Waals surface area (Å²) in [5, 5.41) is 20.7. The van der Waals surface area contributed by atoms with Crippen molar-refractivity contribution in [1.29, 1.82) is 0 Å². The van der Waals surface area contributed by atoms with Gasteiger partial charge in [-0.2, -0.15) is 0 Å². The third-order valence-electron chi connectivity index (χ3n) is 5.10. The van der Waals surface area contributed by atoms with Gasteiger partial charge in [0.15, 0.2) is 9.84 Å². The lowest BCUT2D eigenvalue weighted by Crippen LogP contribution is -2.33. The predicted octanol–water partition coefficient (Wildman–Crippen LogP) is 2.44. The first-order chi connectivity index (χ1) is 13.3. The van der Waals surface area contributed by atoms with Gasteiger partial charge in [0.25, 0.3) is 5.69 Å². The van der Waals surface area contributed by atoms with Crippen LogP contribution in [0.15, 0.2) is 23.1 Å². The molecule has 1 saturated heterocycles. The van der Waals surface area contributed by atoms with Gasteiger partial charge in [-0.15, -0.1) is 0 Å². The van der Waals surface area contributed by atoms with Gasteiger partial charge >= 0.3 is 0 Å². The highest BCUT2D eigenvalue weighted by Gasteiger charge is 2.32. The van der Waals surface area contributed by atoms with Crippen LogP contribution in [0.25, 0.3) is 0 Å². The van der Waals surface area contributed by atoms with Crippen molar-refractivity contribution in [2.24, 2.45) is 0 Å². The van der Waals surface area contributed by atoms with Crippen molar-refractivity contribution in [2.75, 3.05) is 50.1 Å². The molecule has 8 nitrogen and oxygen atoms in total. The molecule has 158 valence electrons. The molecule has 0 atom stereocenters. The number of sulfone groups is 1. The summed E-state index contributed by atoms with van der Waals surface area (Å²) in [7, 11) is -1.72. The van der Waals surface area contributed by atoms with E-state index in [-0.39, 0.29) is 23.7 Å². The van der Waals surface area contributed by atoms with Crippen LogP contribution < -0.4 is 4.90 Å². The van der Waals surface area contributed by atoms with E-state index in [2.05, 4.69) is 20.8 Å². The van der Waals surface area contributed by atoms with Crippen LogP contribution in [0, 0.1) is 10.1 Å². The molecule has 1 aromatic rings. The number of non-ortho nitro benzene ring substituents is 1. The molecule has 0 unspecified atom stereocenters. The van der Waals surface area contributed by atoms with Crippen LogP contribution >= 0.6 is 15.9 Å². The van der Waals surface area contributed by atoms with Crippen molar-refractivity contribution >= 4 is 37.1 Å². The summed E-state index contributed by atoms with van der Waals surface area (Å²) in [5.74, 6) is 0. The fourth-order valence-electron chi connectivity index (χ4n) is 3.60. The Hall–Kier alpha value is -1.23. The summed E-state index contributed by atoms with van der Waals surface area (Å²) in [6.45, 7) is 2.28. The Morgan fingerprint density at radius 2 is 1.93 bits per heavy atom. The number of hydrogen-bond donors (Lipinski definition) is 1. The second-order valence-electron chi connectivity index (χ2n) is 7.06. The minimum Gasteiger partial charge on any atom is -0.395 e. The van der Waals surface area contributed by atoms with Gasteiger partial charge in [-0.1, -0.05) is 15.9 Å². The van der Waals surface area contributed by atoms with Crippen molar-refractivity contribution in [1.82, 2.24) is 4.90 Å². The molecule has 1 aliphatic rings. The fourth-order valence-corrected chi connectivity index (χ4v) is 6.12. The molecule has 0 aromatic heterocycles. The molecule has 1 fully saturated rings. The van der Waals surface area contributed by atoms with Crippen LogP contribution in [0.2, 0.25) is 0 Å². The van der Waals surface area contributed by atoms with Gasteiger partial charge in [-0.05, 0) is 51.9 Å². The molecule has 0 amide bonds. The third-order valence-corrected chi connectivity index (χ3v) is 7.74. The van der Waals surface area contributed by atoms with Gasteiger partial charge in [0.05, 0.1) is 27.4 Å². The Bertz CT molecular complexity index is 758. The predicted molar refractivity (Wildman–Crippen MR) is 113 cm³/mol. The Kier molecular flexibility index (Phi) is 8.66. The summed E-state index contributed by atoms with van der Waals surface area (Å²) in [6.07, 6.45) is 2.61. The average Bonchev–Trinajstić information content (AvgIpc) is 2.63. The summed E-state index contributed by atoms with van der Waals surface area (Å²) < 4.78 is 27.0. The van der Waals surface area contributed by atoms with Crippen LogP contribution in [0.1, 0.15) is 25.7 Å². The number of nitro benzene ring substituents is 1. The quantitative estimate of drug-likeness (QED) is 0.348. The van der Waals surface area contributed by atoms with Crippen LogP contribution in [0.4, 0.5) is 11.4 Å². The Morgan fingerprint density at radius 1 is 1.29 bits per heavy atom. The molecule has 0 radical (unpaired) electrons. The summed E-state index contributed by atoms with van der Waals surface area (Å²) >= 11 is 3.35. The number of hydrogen-bond acceptors (Lipinski definition) is 7. The third kappa shape index (κ3) is 5.65. The van der Waals surface area contributed by atoms with E-state index in [0.717, 1.165) is 25.9 Å². The van der Waals surface area contributed by atoms with Gasteiger partial charge in [0, 0.05) is 30.6 Å². The molecule has 0 bridgehead atoms. The Morgan fingerprint density at radius 3 is 2.46 bits per heavy atom. The highest BCUT2D eigenvalue weighted by molar-refractivity contribution is 9.09. The number of nitrogens with zero attached hydrogens (tertiary/aromatic N) is 3. The lowest BCUT2D eigenvalue weighted by molar-refractivity contribution is -0.385. The van der Waals surface area contributed by atoms with Crippen molar-refractivity contribution in [2.45, 2.75) is 35.8 Å². The maximum absolute atomic E-state index is 13.5. The minimum absolute atomic E-state index is 0.00460. The van der Waals surface area contributed by atoms with Gasteiger partial charge in [0.2, 0.25) is 0 Å². The molecule has 0 saturated carbocycles. The number of rotatable bonds is 8. The molecule has 0 aliphatic carbocycles. The zero-order valence-electron chi connectivity index (χ0n) is 16.1. The van der Waals surface area contributed by atoms with Gasteiger partial charge in [-0.25, -0.2) is 8.42 Å². The van der Waals surface area contributed by atoms with E-state index in [9.17, 15) is 23.6 Å². The van der Waals surface area contributed by atoms with E-state index in [4.69, 9.17) is 0 Å². The number of anilines is 1. The number of benzene rings is 1. The minimum atomic E-state index is -3.75. The van der Waals surface area contributed by atoms with E-state index in [1.54, 1.807) is 4.90 Å². The number of aliphatic hydroxyl groups is 1. The summed E-state index contributed by atoms with van der Waals surface area (Å²) in [4.78, 5) is 14.6. The lowest BCUT2D eigenvalue weighted by Gasteiger charge is -2.28. The largest absolute Gasteiger partial charge is 0.395 e. The van der Waals surface area contributed by atoms with E-state index in [1.165, 1.54) is 18.2 Å². The molecule has 1 N–H and O–H groups in total. The molecule has 28 heavy (non-hydrogen) atoms. The summed E-state index contributed by atoms with van der Waals surface area (Å²) in [5.41, 5.74) is 0.175. The van der Waals surface area contributed by atoms with Crippen LogP contribution in [-0.4, -0.2) is 73.8 Å². The number of aliphatic hydroxyl groups excluding tert-OH is 1. The number of alkyl halides is 1. The highest BCUT2D eigenvalue weighted by Crippen LogP contribution is 2.34. The summed E-state index contributed by atoms with van der Waals surface area (Å²) in [6, 6.07) is 3.98. The smallest absolute Gasteiger partial charge is 0.270 e. The first kappa shape index (κ1) is 23.1. The average molecular weight is 478 g/mol. The van der Waals surface area contributed by atoms with Crippen molar-refractivity contribution in [3.05, 3.63) is 28.3 Å². The van der Waals surface area contributed by atoms with Gasteiger partial charge in [-0.3, -0.25) is 10.1 Å². The molecule has 2 rings (SSSR count). The number of nitro groups is 1. The van der Waals surface area contributed by atoms with Crippen molar-refractivity contribution in [3.8, 4) is 0 Å². The first-order valence-corrected chi connectivity index (χ1v) is 12.1. The fraction of sp³-hybridized carbons (Fsp3) is 0.667. The molecule has 0 spiro atoms. The molecular weight excluding hydrogens is 450 g/mol. The first-order valence-electron chi connectivity index (χ1n) is 9.44. The van der Waals surface area contributed by atoms with Crippen LogP contribution in [-0.2, 0) is 9.84 Å². The number of halogens is 1. The number of likely N-dealkylation sites (tertiary alicyclic amines) is 1. The molecule has 1 aromatic carbocycles. The van der Waals surface area contributed by atoms with E-state index >= 15 is 0 Å². The SMILES string of the molecule is CN1CCCC(S(=O)(=O)c2cc([N+](=O)[O-])ccc2N(CCO)CCBr)CCC1. The van der Waals surface area contributed by atoms with E-state index < -0.39 is 20.0 Å². The molecule has 1 heterocycles. The topological polar surface area (TPSA) is 104 Å². The molecule has 1 aliphatic heterocycles. The van der Waals surface area contributed by atoms with Crippen molar-refractivity contribution < 1.29 is 18.4 Å². The maximum Gasteiger partial charge on any atom is 0.270 e. The molecular formula is C18H28BrN3O5S. The second kappa shape index (κ2) is 10.5. The Balaban J connectivity index is 2.49. The Labute approximate surface area is 174 Å². The van der Waals surface area contributed by atoms with Gasteiger partial charge < -0.3 is 14.9 Å². The second-order valence-corrected chi connectivity index (χ2v) is 10.1. The highest BCUT2D eigenvalue weighted by atomic mass is 79.9. The van der Waals surface area contributed by atoms with E-state index in [1.807, 2.05) is 7.05 Å².